The van der Waals surface area contributed by atoms with E-state index in [0.29, 0.717) is 5.69 Å². The molecule has 0 radical (unpaired) electrons. The molecule has 20 heavy (non-hydrogen) atoms. The Kier molecular flexibility index (Phi) is 3.88. The van der Waals surface area contributed by atoms with E-state index in [1.807, 2.05) is 0 Å². The van der Waals surface area contributed by atoms with Gasteiger partial charge in [-0.2, -0.15) is 0 Å². The number of hydrogen-bond acceptors (Lipinski definition) is 4. The number of nitrogens with two attached hydrogens (primary N) is 1. The predicted octanol–water partition coefficient (Wildman–Crippen LogP) is 1.41. The number of nitrogen functional groups attached to an aromatic ring is 1. The highest BCUT2D eigenvalue weighted by molar-refractivity contribution is 7.89. The molecule has 1 saturated heterocycles. The van der Waals surface area contributed by atoms with Crippen molar-refractivity contribution in [2.75, 3.05) is 30.8 Å². The molecule has 1 heterocycles. The summed E-state index contributed by atoms with van der Waals surface area (Å²) in [5, 5.41) is 0. The van der Waals surface area contributed by atoms with Crippen molar-refractivity contribution in [3.8, 4) is 0 Å². The minimum Gasteiger partial charge on any atom is -0.397 e. The van der Waals surface area contributed by atoms with Gasteiger partial charge in [-0.1, -0.05) is 0 Å². The zero-order chi connectivity index (χ0) is 15.0. The van der Waals surface area contributed by atoms with Gasteiger partial charge in [-0.3, -0.25) is 0 Å². The average Bonchev–Trinajstić information content (AvgIpc) is 2.39. The fourth-order valence-corrected chi connectivity index (χ4v) is 2.95. The SMILES string of the molecule is CNS(=O)(=O)c1ccc(N2CCC(F)(F)CC2)c(N)c1. The second kappa shape index (κ2) is 5.17. The average molecular weight is 305 g/mol. The van der Waals surface area contributed by atoms with Crippen LogP contribution < -0.4 is 15.4 Å². The molecule has 0 aliphatic carbocycles. The van der Waals surface area contributed by atoms with Crippen molar-refractivity contribution in [2.45, 2.75) is 23.7 Å². The van der Waals surface area contributed by atoms with Gasteiger partial charge in [0, 0.05) is 25.9 Å². The highest BCUT2D eigenvalue weighted by atomic mass is 32.2. The molecular formula is C12H17F2N3O2S. The first-order valence-electron chi connectivity index (χ1n) is 6.21. The monoisotopic (exact) mass is 305 g/mol. The van der Waals surface area contributed by atoms with E-state index in [1.54, 1.807) is 11.0 Å². The maximum atomic E-state index is 13.1. The number of nitrogens with one attached hydrogen (secondary N) is 1. The molecule has 8 heteroatoms. The van der Waals surface area contributed by atoms with Gasteiger partial charge in [0.15, 0.2) is 0 Å². The molecule has 0 bridgehead atoms. The molecule has 1 aliphatic heterocycles. The van der Waals surface area contributed by atoms with E-state index < -0.39 is 15.9 Å². The molecule has 0 amide bonds. The van der Waals surface area contributed by atoms with Gasteiger partial charge in [-0.05, 0) is 25.2 Å². The molecule has 5 nitrogen and oxygen atoms in total. The van der Waals surface area contributed by atoms with Gasteiger partial charge in [0.2, 0.25) is 10.0 Å². The Balaban J connectivity index is 2.23. The summed E-state index contributed by atoms with van der Waals surface area (Å²) < 4.78 is 51.7. The van der Waals surface area contributed by atoms with Crippen LogP contribution in [0.15, 0.2) is 23.1 Å². The second-order valence-corrected chi connectivity index (χ2v) is 6.66. The van der Waals surface area contributed by atoms with Crippen LogP contribution in [0.2, 0.25) is 0 Å². The summed E-state index contributed by atoms with van der Waals surface area (Å²) in [6.45, 7) is 0.407. The standard InChI is InChI=1S/C12H17F2N3O2S/c1-16-20(18,19)9-2-3-11(10(15)8-9)17-6-4-12(13,14)5-7-17/h2-3,8,16H,4-7,15H2,1H3. The summed E-state index contributed by atoms with van der Waals surface area (Å²) in [6.07, 6.45) is -0.438. The van der Waals surface area contributed by atoms with Gasteiger partial charge in [0.25, 0.3) is 5.92 Å². The van der Waals surface area contributed by atoms with Crippen LogP contribution in [0.25, 0.3) is 0 Å². The molecule has 0 aromatic heterocycles. The summed E-state index contributed by atoms with van der Waals surface area (Å²) in [5.74, 6) is -2.62. The first-order valence-corrected chi connectivity index (χ1v) is 7.69. The Morgan fingerprint density at radius 3 is 2.40 bits per heavy atom. The molecule has 0 atom stereocenters. The van der Waals surface area contributed by atoms with E-state index in [1.165, 1.54) is 19.2 Å². The summed E-state index contributed by atoms with van der Waals surface area (Å²) in [5.41, 5.74) is 6.71. The maximum absolute atomic E-state index is 13.1. The first-order chi connectivity index (χ1) is 9.25. The number of piperidine rings is 1. The third-order valence-corrected chi connectivity index (χ3v) is 4.83. The minimum absolute atomic E-state index is 0.0589. The van der Waals surface area contributed by atoms with E-state index in [4.69, 9.17) is 5.73 Å². The molecule has 0 spiro atoms. The zero-order valence-corrected chi connectivity index (χ0v) is 11.9. The van der Waals surface area contributed by atoms with Crippen molar-refractivity contribution >= 4 is 21.4 Å². The van der Waals surface area contributed by atoms with Gasteiger partial charge in [-0.15, -0.1) is 0 Å². The molecule has 1 fully saturated rings. The van der Waals surface area contributed by atoms with Crippen LogP contribution in [0.4, 0.5) is 20.2 Å². The normalized spacial score (nSPS) is 19.1. The minimum atomic E-state index is -3.56. The largest absolute Gasteiger partial charge is 0.397 e. The van der Waals surface area contributed by atoms with Crippen molar-refractivity contribution in [1.82, 2.24) is 4.72 Å². The Hall–Kier alpha value is -1.41. The van der Waals surface area contributed by atoms with Gasteiger partial charge in [0.1, 0.15) is 0 Å². The molecule has 1 aromatic carbocycles. The van der Waals surface area contributed by atoms with Crippen molar-refractivity contribution in [2.24, 2.45) is 0 Å². The Morgan fingerprint density at radius 1 is 1.30 bits per heavy atom. The lowest BCUT2D eigenvalue weighted by molar-refractivity contribution is -0.0220. The summed E-state index contributed by atoms with van der Waals surface area (Å²) in [4.78, 5) is 1.81. The Labute approximate surface area is 116 Å². The number of nitrogens with zero attached hydrogens (tertiary/aromatic N) is 1. The van der Waals surface area contributed by atoms with Gasteiger partial charge in [0.05, 0.1) is 16.3 Å². The molecule has 0 unspecified atom stereocenters. The van der Waals surface area contributed by atoms with Crippen molar-refractivity contribution in [1.29, 1.82) is 0 Å². The molecule has 112 valence electrons. The van der Waals surface area contributed by atoms with Gasteiger partial charge in [-0.25, -0.2) is 21.9 Å². The zero-order valence-electron chi connectivity index (χ0n) is 11.1. The maximum Gasteiger partial charge on any atom is 0.251 e. The van der Waals surface area contributed by atoms with E-state index in [2.05, 4.69) is 4.72 Å². The number of hydrogen-bond donors (Lipinski definition) is 2. The number of sulfonamides is 1. The number of halogens is 2. The van der Waals surface area contributed by atoms with Crippen LogP contribution in [0.5, 0.6) is 0 Å². The van der Waals surface area contributed by atoms with E-state index >= 15 is 0 Å². The van der Waals surface area contributed by atoms with Crippen LogP contribution in [0.1, 0.15) is 12.8 Å². The number of alkyl halides is 2. The van der Waals surface area contributed by atoms with E-state index in [9.17, 15) is 17.2 Å². The smallest absolute Gasteiger partial charge is 0.251 e. The van der Waals surface area contributed by atoms with Crippen LogP contribution in [0, 0.1) is 0 Å². The number of benzene rings is 1. The highest BCUT2D eigenvalue weighted by Gasteiger charge is 2.34. The van der Waals surface area contributed by atoms with Crippen LogP contribution in [-0.2, 0) is 10.0 Å². The topological polar surface area (TPSA) is 75.4 Å². The fraction of sp³-hybridized carbons (Fsp3) is 0.500. The van der Waals surface area contributed by atoms with Gasteiger partial charge >= 0.3 is 0 Å². The van der Waals surface area contributed by atoms with Crippen LogP contribution in [-0.4, -0.2) is 34.5 Å². The number of anilines is 2. The third kappa shape index (κ3) is 3.01. The lowest BCUT2D eigenvalue weighted by Gasteiger charge is -2.34. The molecule has 3 N–H and O–H groups in total. The molecular weight excluding hydrogens is 288 g/mol. The third-order valence-electron chi connectivity index (χ3n) is 3.41. The quantitative estimate of drug-likeness (QED) is 0.828. The first kappa shape index (κ1) is 15.0. The Bertz CT molecular complexity index is 595. The van der Waals surface area contributed by atoms with E-state index in [-0.39, 0.29) is 36.5 Å². The van der Waals surface area contributed by atoms with Crippen molar-refractivity contribution < 1.29 is 17.2 Å². The van der Waals surface area contributed by atoms with Crippen molar-refractivity contribution in [3.63, 3.8) is 0 Å². The summed E-state index contributed by atoms with van der Waals surface area (Å²) in [7, 11) is -2.24. The number of rotatable bonds is 3. The fourth-order valence-electron chi connectivity index (χ4n) is 2.18. The summed E-state index contributed by atoms with van der Waals surface area (Å²) >= 11 is 0. The molecule has 0 saturated carbocycles. The highest BCUT2D eigenvalue weighted by Crippen LogP contribution is 2.33. The molecule has 1 aromatic rings. The lowest BCUT2D eigenvalue weighted by Crippen LogP contribution is -2.39. The predicted molar refractivity (Wildman–Crippen MR) is 73.5 cm³/mol. The van der Waals surface area contributed by atoms with E-state index in [0.717, 1.165) is 0 Å². The van der Waals surface area contributed by atoms with Crippen molar-refractivity contribution in [3.05, 3.63) is 18.2 Å². The summed E-state index contributed by atoms with van der Waals surface area (Å²) in [6, 6.07) is 4.32. The lowest BCUT2D eigenvalue weighted by atomic mass is 10.1. The van der Waals surface area contributed by atoms with Crippen LogP contribution in [0.3, 0.4) is 0 Å². The van der Waals surface area contributed by atoms with Crippen LogP contribution >= 0.6 is 0 Å². The molecule has 1 aliphatic rings. The molecule has 2 rings (SSSR count). The van der Waals surface area contributed by atoms with Gasteiger partial charge < -0.3 is 10.6 Å². The second-order valence-electron chi connectivity index (χ2n) is 4.77. The Morgan fingerprint density at radius 2 is 1.90 bits per heavy atom.